The lowest BCUT2D eigenvalue weighted by atomic mass is 10.0. The zero-order chi connectivity index (χ0) is 23.7. The normalized spacial score (nSPS) is 17.4. The Labute approximate surface area is 197 Å². The molecule has 9 nitrogen and oxygen atoms in total. The van der Waals surface area contributed by atoms with Crippen molar-refractivity contribution in [3.05, 3.63) is 34.3 Å². The number of carbonyl (C=O) groups excluding carboxylic acids is 2. The molecule has 1 aliphatic rings. The number of carboxylic acid groups (broad SMARTS) is 1. The Hall–Kier alpha value is -2.17. The number of ether oxygens (including phenoxy) is 1. The predicted octanol–water partition coefficient (Wildman–Crippen LogP) is 3.00. The molecule has 1 aliphatic heterocycles. The van der Waals surface area contributed by atoms with Gasteiger partial charge in [0.1, 0.15) is 0 Å². The number of Topliss-reactive ketones (excluding diaryl/α,β-unsaturated/α-hetero) is 1. The quantitative estimate of drug-likeness (QED) is 0.308. The van der Waals surface area contributed by atoms with Crippen molar-refractivity contribution in [1.29, 1.82) is 0 Å². The Morgan fingerprint density at radius 2 is 1.94 bits per heavy atom. The zero-order valence-electron chi connectivity index (χ0n) is 18.8. The number of alkyl carbamates (subject to hydrolysis) is 1. The molecule has 10 heteroatoms. The fraction of sp³-hybridized carbons (Fsp3) is 0.591. The average molecular weight is 513 g/mol. The molecule has 1 fully saturated rings. The van der Waals surface area contributed by atoms with Crippen molar-refractivity contribution in [2.45, 2.75) is 38.8 Å². The smallest absolute Gasteiger partial charge is 0.408 e. The van der Waals surface area contributed by atoms with E-state index in [0.717, 1.165) is 4.47 Å². The van der Waals surface area contributed by atoms with Crippen LogP contribution < -0.4 is 10.6 Å². The molecule has 0 bridgehead atoms. The maximum Gasteiger partial charge on any atom is 0.408 e. The van der Waals surface area contributed by atoms with E-state index < -0.39 is 12.2 Å². The Morgan fingerprint density at radius 3 is 2.53 bits per heavy atom. The molecule has 178 valence electrons. The highest BCUT2D eigenvalue weighted by molar-refractivity contribution is 9.10. The van der Waals surface area contributed by atoms with E-state index in [9.17, 15) is 19.5 Å². The molecule has 2 unspecified atom stereocenters. The summed E-state index contributed by atoms with van der Waals surface area (Å²) in [5.74, 6) is 0.235. The fourth-order valence-electron chi connectivity index (χ4n) is 3.72. The summed E-state index contributed by atoms with van der Waals surface area (Å²) in [6.07, 6.45) is -0.00199. The average Bonchev–Trinajstić information content (AvgIpc) is 3.17. The Bertz CT molecular complexity index is 774. The summed E-state index contributed by atoms with van der Waals surface area (Å²) in [6, 6.07) is 7.22. The van der Waals surface area contributed by atoms with Crippen molar-refractivity contribution >= 4 is 33.9 Å². The lowest BCUT2D eigenvalue weighted by Crippen LogP contribution is -2.42. The maximum atomic E-state index is 12.3. The van der Waals surface area contributed by atoms with Gasteiger partial charge in [-0.2, -0.15) is 0 Å². The molecule has 0 radical (unpaired) electrons. The number of ketones is 1. The molecule has 0 aromatic heterocycles. The van der Waals surface area contributed by atoms with E-state index >= 15 is 0 Å². The van der Waals surface area contributed by atoms with E-state index in [4.69, 9.17) is 4.74 Å². The van der Waals surface area contributed by atoms with E-state index in [0.29, 0.717) is 44.7 Å². The molecule has 3 N–H and O–H groups in total. The first-order valence-electron chi connectivity index (χ1n) is 10.8. The standard InChI is InChI=1S/C22H33BrN4O5/c1-15(2)19(25-21(29)32-3)9-11-26-14-27(22(30)31)13-18(26)8-10-24-12-20(28)16-4-6-17(23)7-5-16/h4-7,15,18-19,24H,8-14H2,1-3H3,(H,25,29)(H,30,31). The van der Waals surface area contributed by atoms with Gasteiger partial charge in [-0.3, -0.25) is 14.6 Å². The molecular weight excluding hydrogens is 480 g/mol. The van der Waals surface area contributed by atoms with Gasteiger partial charge < -0.3 is 20.5 Å². The SMILES string of the molecule is COC(=O)NC(CCN1CN(C(=O)O)CC1CCNCC(=O)c1ccc(Br)cc1)C(C)C. The van der Waals surface area contributed by atoms with Crippen LogP contribution in [-0.2, 0) is 4.74 Å². The van der Waals surface area contributed by atoms with Gasteiger partial charge in [0.2, 0.25) is 0 Å². The van der Waals surface area contributed by atoms with E-state index in [1.165, 1.54) is 12.0 Å². The first-order valence-corrected chi connectivity index (χ1v) is 11.6. The third-order valence-electron chi connectivity index (χ3n) is 5.70. The van der Waals surface area contributed by atoms with Gasteiger partial charge in [-0.25, -0.2) is 9.59 Å². The summed E-state index contributed by atoms with van der Waals surface area (Å²) in [5.41, 5.74) is 0.651. The second-order valence-corrected chi connectivity index (χ2v) is 9.20. The number of nitrogens with one attached hydrogen (secondary N) is 2. The molecule has 1 heterocycles. The first kappa shape index (κ1) is 26.1. The minimum Gasteiger partial charge on any atom is -0.465 e. The maximum absolute atomic E-state index is 12.3. The first-order chi connectivity index (χ1) is 15.2. The second kappa shape index (κ2) is 12.8. The number of hydrogen-bond donors (Lipinski definition) is 3. The molecule has 0 saturated carbocycles. The second-order valence-electron chi connectivity index (χ2n) is 8.28. The van der Waals surface area contributed by atoms with Gasteiger partial charge in [0, 0.05) is 35.2 Å². The minimum atomic E-state index is -0.941. The van der Waals surface area contributed by atoms with Gasteiger partial charge in [0.15, 0.2) is 5.78 Å². The Kier molecular flexibility index (Phi) is 10.4. The van der Waals surface area contributed by atoms with Gasteiger partial charge in [0.05, 0.1) is 20.3 Å². The summed E-state index contributed by atoms with van der Waals surface area (Å²) in [4.78, 5) is 38.9. The van der Waals surface area contributed by atoms with Crippen LogP contribution in [0, 0.1) is 5.92 Å². The minimum absolute atomic E-state index is 0.0154. The largest absolute Gasteiger partial charge is 0.465 e. The van der Waals surface area contributed by atoms with Crippen LogP contribution in [0.3, 0.4) is 0 Å². The Balaban J connectivity index is 1.85. The molecule has 2 rings (SSSR count). The van der Waals surface area contributed by atoms with Crippen LogP contribution in [0.2, 0.25) is 0 Å². The van der Waals surface area contributed by atoms with Crippen molar-refractivity contribution < 1.29 is 24.2 Å². The number of rotatable bonds is 11. The van der Waals surface area contributed by atoms with Crippen molar-refractivity contribution in [2.24, 2.45) is 5.92 Å². The van der Waals surface area contributed by atoms with E-state index in [-0.39, 0.29) is 30.3 Å². The van der Waals surface area contributed by atoms with Gasteiger partial charge >= 0.3 is 12.2 Å². The van der Waals surface area contributed by atoms with Gasteiger partial charge in [0.25, 0.3) is 0 Å². The van der Waals surface area contributed by atoms with Crippen molar-refractivity contribution in [2.75, 3.05) is 40.0 Å². The zero-order valence-corrected chi connectivity index (χ0v) is 20.4. The molecular formula is C22H33BrN4O5. The molecule has 2 amide bonds. The summed E-state index contributed by atoms with van der Waals surface area (Å²) in [5, 5.41) is 15.4. The van der Waals surface area contributed by atoms with Crippen molar-refractivity contribution in [1.82, 2.24) is 20.4 Å². The molecule has 1 aromatic carbocycles. The van der Waals surface area contributed by atoms with Gasteiger partial charge in [-0.1, -0.05) is 41.9 Å². The van der Waals surface area contributed by atoms with E-state index in [1.807, 2.05) is 26.0 Å². The lowest BCUT2D eigenvalue weighted by Gasteiger charge is -2.27. The number of carbonyl (C=O) groups is 3. The number of halogens is 1. The van der Waals surface area contributed by atoms with Crippen LogP contribution in [-0.4, -0.2) is 84.9 Å². The molecule has 2 atom stereocenters. The summed E-state index contributed by atoms with van der Waals surface area (Å²) < 4.78 is 5.63. The number of amides is 2. The topological polar surface area (TPSA) is 111 Å². The molecule has 1 aromatic rings. The van der Waals surface area contributed by atoms with Crippen molar-refractivity contribution in [3.63, 3.8) is 0 Å². The van der Waals surface area contributed by atoms with Crippen LogP contribution in [0.25, 0.3) is 0 Å². The van der Waals surface area contributed by atoms with Crippen molar-refractivity contribution in [3.8, 4) is 0 Å². The van der Waals surface area contributed by atoms with Crippen LogP contribution in [0.5, 0.6) is 0 Å². The summed E-state index contributed by atoms with van der Waals surface area (Å²) in [7, 11) is 1.34. The highest BCUT2D eigenvalue weighted by Crippen LogP contribution is 2.18. The molecule has 1 saturated heterocycles. The monoisotopic (exact) mass is 512 g/mol. The predicted molar refractivity (Wildman–Crippen MR) is 125 cm³/mol. The summed E-state index contributed by atoms with van der Waals surface area (Å²) in [6.45, 7) is 6.30. The molecule has 0 aliphatic carbocycles. The number of nitrogens with zero attached hydrogens (tertiary/aromatic N) is 2. The molecule has 0 spiro atoms. The van der Waals surface area contributed by atoms with E-state index in [2.05, 4.69) is 31.5 Å². The van der Waals surface area contributed by atoms with Crippen LogP contribution in [0.4, 0.5) is 9.59 Å². The highest BCUT2D eigenvalue weighted by Gasteiger charge is 2.33. The number of methoxy groups -OCH3 is 1. The van der Waals surface area contributed by atoms with Crippen LogP contribution in [0.1, 0.15) is 37.0 Å². The fourth-order valence-corrected chi connectivity index (χ4v) is 3.99. The third-order valence-corrected chi connectivity index (χ3v) is 6.23. The van der Waals surface area contributed by atoms with Gasteiger partial charge in [-0.05, 0) is 37.4 Å². The molecule has 32 heavy (non-hydrogen) atoms. The van der Waals surface area contributed by atoms with Crippen LogP contribution in [0.15, 0.2) is 28.7 Å². The van der Waals surface area contributed by atoms with Gasteiger partial charge in [-0.15, -0.1) is 0 Å². The van der Waals surface area contributed by atoms with E-state index in [1.54, 1.807) is 12.1 Å². The summed E-state index contributed by atoms with van der Waals surface area (Å²) >= 11 is 3.36. The van der Waals surface area contributed by atoms with Crippen LogP contribution >= 0.6 is 15.9 Å². The number of benzene rings is 1. The Morgan fingerprint density at radius 1 is 1.25 bits per heavy atom. The highest BCUT2D eigenvalue weighted by atomic mass is 79.9. The number of hydrogen-bond acceptors (Lipinski definition) is 6. The third kappa shape index (κ3) is 8.07. The lowest BCUT2D eigenvalue weighted by molar-refractivity contribution is 0.0989.